The molecule has 1 N–H and O–H groups in total. The molecule has 1 aliphatic rings. The lowest BCUT2D eigenvalue weighted by Crippen LogP contribution is -2.42. The maximum atomic E-state index is 12.6. The molecule has 1 unspecified atom stereocenters. The summed E-state index contributed by atoms with van der Waals surface area (Å²) in [5.74, 6) is 1.14. The number of aryl methyl sites for hydroxylation is 1. The Morgan fingerprint density at radius 3 is 2.89 bits per heavy atom. The minimum absolute atomic E-state index is 0.202. The topological polar surface area (TPSA) is 45.5 Å². The molecule has 4 nitrogen and oxygen atoms in total. The molecule has 4 heteroatoms. The number of nitrogens with one attached hydrogen (secondary N) is 1. The molecule has 0 spiro atoms. The van der Waals surface area contributed by atoms with E-state index in [-0.39, 0.29) is 11.3 Å². The molecule has 1 fully saturated rings. The molecule has 2 heterocycles. The summed E-state index contributed by atoms with van der Waals surface area (Å²) in [6, 6.07) is 1.94. The zero-order chi connectivity index (χ0) is 13.2. The van der Waals surface area contributed by atoms with Crippen molar-refractivity contribution in [3.8, 4) is 0 Å². The Balaban J connectivity index is 2.06. The predicted octanol–water partition coefficient (Wildman–Crippen LogP) is 1.94. The molecule has 1 aliphatic heterocycles. The first-order chi connectivity index (χ1) is 8.59. The van der Waals surface area contributed by atoms with Crippen LogP contribution in [0.1, 0.15) is 31.1 Å². The number of amides is 1. The van der Waals surface area contributed by atoms with Gasteiger partial charge in [-0.2, -0.15) is 0 Å². The number of furan rings is 1. The van der Waals surface area contributed by atoms with E-state index in [0.29, 0.717) is 6.54 Å². The molecule has 1 aromatic heterocycles. The number of hydrogen-bond acceptors (Lipinski definition) is 3. The first kappa shape index (κ1) is 13.1. The summed E-state index contributed by atoms with van der Waals surface area (Å²) in [5, 5.41) is 3.30. The van der Waals surface area contributed by atoms with Crippen molar-refractivity contribution in [3.05, 3.63) is 23.7 Å². The lowest BCUT2D eigenvalue weighted by atomic mass is 9.83. The standard InChI is InChI=1S/C14H22N2O2/c1-4-14(6-7-15-10-14)13(17)16(3)9-12-5-8-18-11(12)2/h5,8,15H,4,6-7,9-10H2,1-3H3. The Kier molecular flexibility index (Phi) is 3.76. The fourth-order valence-electron chi connectivity index (χ4n) is 2.69. The van der Waals surface area contributed by atoms with Crippen molar-refractivity contribution < 1.29 is 9.21 Å². The van der Waals surface area contributed by atoms with E-state index in [4.69, 9.17) is 4.42 Å². The highest BCUT2D eigenvalue weighted by Gasteiger charge is 2.41. The highest BCUT2D eigenvalue weighted by Crippen LogP contribution is 2.32. The van der Waals surface area contributed by atoms with Gasteiger partial charge in [0.1, 0.15) is 5.76 Å². The van der Waals surface area contributed by atoms with E-state index in [9.17, 15) is 4.79 Å². The van der Waals surface area contributed by atoms with Crippen LogP contribution in [0.25, 0.3) is 0 Å². The first-order valence-electron chi connectivity index (χ1n) is 6.58. The number of carbonyl (C=O) groups excluding carboxylic acids is 1. The van der Waals surface area contributed by atoms with E-state index in [1.165, 1.54) is 0 Å². The van der Waals surface area contributed by atoms with Gasteiger partial charge in [0.05, 0.1) is 11.7 Å². The Morgan fingerprint density at radius 2 is 2.39 bits per heavy atom. The Labute approximate surface area is 108 Å². The average molecular weight is 250 g/mol. The molecular weight excluding hydrogens is 228 g/mol. The fourth-order valence-corrected chi connectivity index (χ4v) is 2.69. The Hall–Kier alpha value is -1.29. The zero-order valence-corrected chi connectivity index (χ0v) is 11.5. The van der Waals surface area contributed by atoms with Crippen LogP contribution in [0.3, 0.4) is 0 Å². The van der Waals surface area contributed by atoms with Gasteiger partial charge in [0.2, 0.25) is 5.91 Å². The number of rotatable bonds is 4. The third-order valence-electron chi connectivity index (χ3n) is 4.09. The van der Waals surface area contributed by atoms with Crippen molar-refractivity contribution in [2.45, 2.75) is 33.2 Å². The van der Waals surface area contributed by atoms with Crippen molar-refractivity contribution in [2.24, 2.45) is 5.41 Å². The van der Waals surface area contributed by atoms with Gasteiger partial charge in [0.15, 0.2) is 0 Å². The second-order valence-electron chi connectivity index (χ2n) is 5.22. The summed E-state index contributed by atoms with van der Waals surface area (Å²) in [6.07, 6.45) is 3.51. The van der Waals surface area contributed by atoms with Gasteiger partial charge in [-0.1, -0.05) is 6.92 Å². The van der Waals surface area contributed by atoms with E-state index in [0.717, 1.165) is 37.3 Å². The third-order valence-corrected chi connectivity index (χ3v) is 4.09. The first-order valence-corrected chi connectivity index (χ1v) is 6.58. The molecule has 0 saturated carbocycles. The summed E-state index contributed by atoms with van der Waals surface area (Å²) in [6.45, 7) is 6.40. The second-order valence-corrected chi connectivity index (χ2v) is 5.22. The Bertz CT molecular complexity index is 419. The maximum Gasteiger partial charge on any atom is 0.230 e. The largest absolute Gasteiger partial charge is 0.469 e. The van der Waals surface area contributed by atoms with Crippen molar-refractivity contribution in [3.63, 3.8) is 0 Å². The summed E-state index contributed by atoms with van der Waals surface area (Å²) < 4.78 is 5.27. The van der Waals surface area contributed by atoms with Crippen LogP contribution in [0.15, 0.2) is 16.7 Å². The van der Waals surface area contributed by atoms with Crippen LogP contribution in [-0.2, 0) is 11.3 Å². The van der Waals surface area contributed by atoms with E-state index in [1.54, 1.807) is 6.26 Å². The average Bonchev–Trinajstić information content (AvgIpc) is 2.99. The van der Waals surface area contributed by atoms with Crippen LogP contribution < -0.4 is 5.32 Å². The summed E-state index contributed by atoms with van der Waals surface area (Å²) >= 11 is 0. The van der Waals surface area contributed by atoms with Crippen LogP contribution >= 0.6 is 0 Å². The molecule has 0 aromatic carbocycles. The molecule has 1 amide bonds. The fraction of sp³-hybridized carbons (Fsp3) is 0.643. The molecular formula is C14H22N2O2. The smallest absolute Gasteiger partial charge is 0.230 e. The summed E-state index contributed by atoms with van der Waals surface area (Å²) in [7, 11) is 1.88. The number of carbonyl (C=O) groups is 1. The van der Waals surface area contributed by atoms with Gasteiger partial charge in [-0.15, -0.1) is 0 Å². The lowest BCUT2D eigenvalue weighted by Gasteiger charge is -2.30. The monoisotopic (exact) mass is 250 g/mol. The van der Waals surface area contributed by atoms with Crippen molar-refractivity contribution >= 4 is 5.91 Å². The molecule has 1 saturated heterocycles. The highest BCUT2D eigenvalue weighted by atomic mass is 16.3. The van der Waals surface area contributed by atoms with Gasteiger partial charge in [0, 0.05) is 25.7 Å². The number of nitrogens with zero attached hydrogens (tertiary/aromatic N) is 1. The summed E-state index contributed by atoms with van der Waals surface area (Å²) in [4.78, 5) is 14.4. The van der Waals surface area contributed by atoms with Crippen molar-refractivity contribution in [1.29, 1.82) is 0 Å². The zero-order valence-electron chi connectivity index (χ0n) is 11.5. The second kappa shape index (κ2) is 5.14. The van der Waals surface area contributed by atoms with E-state index in [2.05, 4.69) is 12.2 Å². The molecule has 0 radical (unpaired) electrons. The number of hydrogen-bond donors (Lipinski definition) is 1. The summed E-state index contributed by atoms with van der Waals surface area (Å²) in [5.41, 5.74) is 0.884. The van der Waals surface area contributed by atoms with Crippen molar-refractivity contribution in [2.75, 3.05) is 20.1 Å². The third kappa shape index (κ3) is 2.29. The maximum absolute atomic E-state index is 12.6. The van der Waals surface area contributed by atoms with Crippen molar-refractivity contribution in [1.82, 2.24) is 10.2 Å². The SMILES string of the molecule is CCC1(C(=O)N(C)Cc2ccoc2C)CCNC1. The molecule has 0 aliphatic carbocycles. The van der Waals surface area contributed by atoms with Gasteiger partial charge in [-0.3, -0.25) is 4.79 Å². The van der Waals surface area contributed by atoms with Crippen LogP contribution in [0, 0.1) is 12.3 Å². The highest BCUT2D eigenvalue weighted by molar-refractivity contribution is 5.83. The molecule has 1 aromatic rings. The normalized spacial score (nSPS) is 23.3. The van der Waals surface area contributed by atoms with Crippen LogP contribution in [0.5, 0.6) is 0 Å². The van der Waals surface area contributed by atoms with Gasteiger partial charge in [-0.25, -0.2) is 0 Å². The minimum Gasteiger partial charge on any atom is -0.469 e. The quantitative estimate of drug-likeness (QED) is 0.888. The van der Waals surface area contributed by atoms with E-state index >= 15 is 0 Å². The van der Waals surface area contributed by atoms with Crippen LogP contribution in [0.4, 0.5) is 0 Å². The molecule has 0 bridgehead atoms. The van der Waals surface area contributed by atoms with Crippen LogP contribution in [0.2, 0.25) is 0 Å². The molecule has 1 atom stereocenters. The van der Waals surface area contributed by atoms with Gasteiger partial charge >= 0.3 is 0 Å². The lowest BCUT2D eigenvalue weighted by molar-refractivity contribution is -0.140. The van der Waals surface area contributed by atoms with E-state index in [1.807, 2.05) is 24.9 Å². The predicted molar refractivity (Wildman–Crippen MR) is 70.1 cm³/mol. The molecule has 100 valence electrons. The van der Waals surface area contributed by atoms with Gasteiger partial charge in [0.25, 0.3) is 0 Å². The van der Waals surface area contributed by atoms with Gasteiger partial charge in [-0.05, 0) is 32.4 Å². The van der Waals surface area contributed by atoms with Gasteiger partial charge < -0.3 is 14.6 Å². The molecule has 18 heavy (non-hydrogen) atoms. The minimum atomic E-state index is -0.202. The van der Waals surface area contributed by atoms with E-state index < -0.39 is 0 Å². The Morgan fingerprint density at radius 1 is 1.61 bits per heavy atom. The molecule has 2 rings (SSSR count). The van der Waals surface area contributed by atoms with Crippen LogP contribution in [-0.4, -0.2) is 30.9 Å².